The maximum absolute atomic E-state index is 2.39. The van der Waals surface area contributed by atoms with Crippen molar-refractivity contribution in [1.29, 1.82) is 0 Å². The SMILES string of the molecule is c1ccc(-c2ccc(-c3ccc(N(c4ccccc4)c4ccc5c6ccccc6n(-c6ccccc6)c5c4)cc3-c3cccc4ccccc34)cc2)cc1. The van der Waals surface area contributed by atoms with Crippen LogP contribution in [0.3, 0.4) is 0 Å². The number of nitrogens with zero attached hydrogens (tertiary/aromatic N) is 2. The Hall–Kier alpha value is -7.16. The van der Waals surface area contributed by atoms with Crippen LogP contribution in [0.15, 0.2) is 218 Å². The number of benzene rings is 9. The van der Waals surface area contributed by atoms with E-state index in [0.717, 1.165) is 22.7 Å². The molecule has 0 unspecified atom stereocenters. The monoisotopic (exact) mass is 688 g/mol. The fraction of sp³-hybridized carbons (Fsp3) is 0. The minimum absolute atomic E-state index is 1.09. The largest absolute Gasteiger partial charge is 0.310 e. The molecule has 1 aromatic heterocycles. The van der Waals surface area contributed by atoms with Gasteiger partial charge in [0, 0.05) is 33.5 Å². The van der Waals surface area contributed by atoms with Crippen molar-refractivity contribution in [2.75, 3.05) is 4.90 Å². The quantitative estimate of drug-likeness (QED) is 0.162. The van der Waals surface area contributed by atoms with Gasteiger partial charge in [0.25, 0.3) is 0 Å². The highest BCUT2D eigenvalue weighted by molar-refractivity contribution is 6.10. The highest BCUT2D eigenvalue weighted by Crippen LogP contribution is 2.44. The second-order valence-corrected chi connectivity index (χ2v) is 13.8. The van der Waals surface area contributed by atoms with Crippen molar-refractivity contribution in [3.8, 4) is 39.1 Å². The van der Waals surface area contributed by atoms with Crippen molar-refractivity contribution in [2.45, 2.75) is 0 Å². The van der Waals surface area contributed by atoms with E-state index in [1.54, 1.807) is 0 Å². The average Bonchev–Trinajstić information content (AvgIpc) is 3.58. The first-order chi connectivity index (χ1) is 26.8. The number of anilines is 3. The second kappa shape index (κ2) is 13.4. The fourth-order valence-corrected chi connectivity index (χ4v) is 8.06. The zero-order valence-corrected chi connectivity index (χ0v) is 29.7. The highest BCUT2D eigenvalue weighted by atomic mass is 15.1. The molecule has 54 heavy (non-hydrogen) atoms. The summed E-state index contributed by atoms with van der Waals surface area (Å²) in [4.78, 5) is 2.39. The van der Waals surface area contributed by atoms with E-state index in [1.807, 2.05) is 0 Å². The van der Waals surface area contributed by atoms with Gasteiger partial charge in [-0.2, -0.15) is 0 Å². The molecule has 0 amide bonds. The van der Waals surface area contributed by atoms with Gasteiger partial charge in [-0.3, -0.25) is 0 Å². The summed E-state index contributed by atoms with van der Waals surface area (Å²) in [5.41, 5.74) is 14.0. The van der Waals surface area contributed by atoms with Crippen molar-refractivity contribution >= 4 is 49.6 Å². The molecule has 10 aromatic rings. The maximum Gasteiger partial charge on any atom is 0.0561 e. The van der Waals surface area contributed by atoms with Gasteiger partial charge < -0.3 is 9.47 Å². The molecule has 0 aliphatic carbocycles. The molecule has 0 atom stereocenters. The first-order valence-electron chi connectivity index (χ1n) is 18.5. The van der Waals surface area contributed by atoms with Gasteiger partial charge >= 0.3 is 0 Å². The van der Waals surface area contributed by atoms with Gasteiger partial charge in [0.2, 0.25) is 0 Å². The standard InChI is InChI=1S/C52H36N2/c1-4-15-37(16-5-1)38-27-29-40(30-28-38)46-33-31-43(35-50(46)47-25-14-18-39-17-10-11-23-45(39)47)53(41-19-6-2-7-20-41)44-32-34-49-48-24-12-13-26-51(48)54(52(49)36-44)42-21-8-3-9-22-42/h1-36H. The van der Waals surface area contributed by atoms with Gasteiger partial charge in [0.15, 0.2) is 0 Å². The van der Waals surface area contributed by atoms with Crippen molar-refractivity contribution in [1.82, 2.24) is 4.57 Å². The van der Waals surface area contributed by atoms with Crippen LogP contribution in [0, 0.1) is 0 Å². The molecule has 0 fully saturated rings. The molecule has 0 saturated carbocycles. The van der Waals surface area contributed by atoms with Crippen LogP contribution in [-0.2, 0) is 0 Å². The van der Waals surface area contributed by atoms with E-state index in [9.17, 15) is 0 Å². The topological polar surface area (TPSA) is 8.17 Å². The number of rotatable bonds is 7. The third-order valence-corrected chi connectivity index (χ3v) is 10.6. The lowest BCUT2D eigenvalue weighted by atomic mass is 9.90. The second-order valence-electron chi connectivity index (χ2n) is 13.8. The van der Waals surface area contributed by atoms with Crippen LogP contribution in [0.4, 0.5) is 17.1 Å². The Morgan fingerprint density at radius 2 is 0.870 bits per heavy atom. The van der Waals surface area contributed by atoms with Crippen molar-refractivity contribution in [3.63, 3.8) is 0 Å². The summed E-state index contributed by atoms with van der Waals surface area (Å²) in [6, 6.07) is 78.9. The molecule has 254 valence electrons. The van der Waals surface area contributed by atoms with E-state index in [2.05, 4.69) is 228 Å². The van der Waals surface area contributed by atoms with E-state index < -0.39 is 0 Å². The molecule has 0 spiro atoms. The molecule has 2 heteroatoms. The molecule has 1 heterocycles. The van der Waals surface area contributed by atoms with Gasteiger partial charge in [-0.05, 0) is 98.8 Å². The number of para-hydroxylation sites is 3. The van der Waals surface area contributed by atoms with Gasteiger partial charge in [-0.1, -0.05) is 164 Å². The van der Waals surface area contributed by atoms with Crippen molar-refractivity contribution < 1.29 is 0 Å². The predicted octanol–water partition coefficient (Wildman–Crippen LogP) is 14.4. The summed E-state index contributed by atoms with van der Waals surface area (Å²) in [5, 5.41) is 4.94. The first kappa shape index (κ1) is 31.6. The Bertz CT molecular complexity index is 2900. The van der Waals surface area contributed by atoms with Crippen LogP contribution in [0.1, 0.15) is 0 Å². The molecule has 0 aliphatic rings. The van der Waals surface area contributed by atoms with Crippen LogP contribution in [0.25, 0.3) is 71.6 Å². The van der Waals surface area contributed by atoms with E-state index >= 15 is 0 Å². The molecule has 0 saturated heterocycles. The maximum atomic E-state index is 2.39. The lowest BCUT2D eigenvalue weighted by molar-refractivity contribution is 1.18. The average molecular weight is 689 g/mol. The summed E-state index contributed by atoms with van der Waals surface area (Å²) >= 11 is 0. The summed E-state index contributed by atoms with van der Waals surface area (Å²) in [7, 11) is 0. The number of fused-ring (bicyclic) bond motifs is 4. The minimum atomic E-state index is 1.09. The number of hydrogen-bond acceptors (Lipinski definition) is 1. The number of hydrogen-bond donors (Lipinski definition) is 0. The Labute approximate surface area is 315 Å². The zero-order chi connectivity index (χ0) is 35.8. The molecule has 0 radical (unpaired) electrons. The summed E-state index contributed by atoms with van der Waals surface area (Å²) in [6.45, 7) is 0. The molecule has 10 rings (SSSR count). The van der Waals surface area contributed by atoms with E-state index in [1.165, 1.54) is 66.0 Å². The van der Waals surface area contributed by atoms with Crippen molar-refractivity contribution in [3.05, 3.63) is 218 Å². The molecule has 2 nitrogen and oxygen atoms in total. The Kier molecular flexibility index (Phi) is 7.85. The number of aromatic nitrogens is 1. The van der Waals surface area contributed by atoms with Crippen LogP contribution in [-0.4, -0.2) is 4.57 Å². The fourth-order valence-electron chi connectivity index (χ4n) is 8.06. The van der Waals surface area contributed by atoms with Crippen LogP contribution in [0.5, 0.6) is 0 Å². The minimum Gasteiger partial charge on any atom is -0.310 e. The Morgan fingerprint density at radius 3 is 1.67 bits per heavy atom. The zero-order valence-electron chi connectivity index (χ0n) is 29.7. The Morgan fingerprint density at radius 1 is 0.296 bits per heavy atom. The van der Waals surface area contributed by atoms with E-state index in [-0.39, 0.29) is 0 Å². The van der Waals surface area contributed by atoms with E-state index in [4.69, 9.17) is 0 Å². The van der Waals surface area contributed by atoms with Gasteiger partial charge in [0.1, 0.15) is 0 Å². The molecule has 0 N–H and O–H groups in total. The van der Waals surface area contributed by atoms with Crippen LogP contribution in [0.2, 0.25) is 0 Å². The molecular weight excluding hydrogens is 653 g/mol. The summed E-state index contributed by atoms with van der Waals surface area (Å²) in [5.74, 6) is 0. The van der Waals surface area contributed by atoms with Crippen LogP contribution >= 0.6 is 0 Å². The molecule has 9 aromatic carbocycles. The predicted molar refractivity (Wildman–Crippen MR) is 229 cm³/mol. The summed E-state index contributed by atoms with van der Waals surface area (Å²) in [6.07, 6.45) is 0. The first-order valence-corrected chi connectivity index (χ1v) is 18.5. The molecule has 0 aliphatic heterocycles. The third kappa shape index (κ3) is 5.53. The van der Waals surface area contributed by atoms with Crippen LogP contribution < -0.4 is 4.90 Å². The smallest absolute Gasteiger partial charge is 0.0561 e. The lowest BCUT2D eigenvalue weighted by Gasteiger charge is -2.27. The molecular formula is C52H36N2. The third-order valence-electron chi connectivity index (χ3n) is 10.6. The molecule has 0 bridgehead atoms. The lowest BCUT2D eigenvalue weighted by Crippen LogP contribution is -2.10. The normalized spacial score (nSPS) is 11.3. The van der Waals surface area contributed by atoms with Gasteiger partial charge in [0.05, 0.1) is 11.0 Å². The Balaban J connectivity index is 1.19. The van der Waals surface area contributed by atoms with Gasteiger partial charge in [-0.25, -0.2) is 0 Å². The highest BCUT2D eigenvalue weighted by Gasteiger charge is 2.20. The van der Waals surface area contributed by atoms with Crippen molar-refractivity contribution in [2.24, 2.45) is 0 Å². The van der Waals surface area contributed by atoms with Gasteiger partial charge in [-0.15, -0.1) is 0 Å². The summed E-state index contributed by atoms with van der Waals surface area (Å²) < 4.78 is 2.39. The van der Waals surface area contributed by atoms with E-state index in [0.29, 0.717) is 0 Å².